The lowest BCUT2D eigenvalue weighted by atomic mass is 9.84. The van der Waals surface area contributed by atoms with Crippen molar-refractivity contribution in [2.45, 2.75) is 0 Å². The number of rotatable bonds is 3. The Kier molecular flexibility index (Phi) is 5.64. The van der Waals surface area contributed by atoms with Gasteiger partial charge in [-0.2, -0.15) is 0 Å². The Hall–Kier alpha value is -6.18. The van der Waals surface area contributed by atoms with Gasteiger partial charge in [-0.1, -0.05) is 133 Å². The van der Waals surface area contributed by atoms with Crippen molar-refractivity contribution >= 4 is 65.0 Å². The SMILES string of the molecule is c1ccc(-c2c3ccccc3c(-c3cc(-c4ccc5oc6cc7ccccc7cc6c5c4)c4ccccc4c3)c3ccccc23)cc1. The molecule has 1 nitrogen and oxygen atoms in total. The van der Waals surface area contributed by atoms with Crippen LogP contribution >= 0.6 is 0 Å². The maximum Gasteiger partial charge on any atom is 0.136 e. The summed E-state index contributed by atoms with van der Waals surface area (Å²) in [5.74, 6) is 0. The number of hydrogen-bond acceptors (Lipinski definition) is 1. The van der Waals surface area contributed by atoms with Crippen molar-refractivity contribution in [3.63, 3.8) is 0 Å². The van der Waals surface area contributed by atoms with Crippen molar-refractivity contribution in [1.82, 2.24) is 0 Å². The van der Waals surface area contributed by atoms with Crippen LogP contribution in [0.3, 0.4) is 0 Å². The van der Waals surface area contributed by atoms with Crippen molar-refractivity contribution in [2.24, 2.45) is 0 Å². The van der Waals surface area contributed by atoms with Gasteiger partial charge in [0.05, 0.1) is 0 Å². The van der Waals surface area contributed by atoms with E-state index in [0.717, 1.165) is 21.9 Å². The Morgan fingerprint density at radius 2 is 0.809 bits per heavy atom. The second kappa shape index (κ2) is 10.2. The van der Waals surface area contributed by atoms with E-state index in [1.165, 1.54) is 76.5 Å². The van der Waals surface area contributed by atoms with Crippen molar-refractivity contribution in [1.29, 1.82) is 0 Å². The van der Waals surface area contributed by atoms with Crippen molar-refractivity contribution in [3.05, 3.63) is 170 Å². The highest BCUT2D eigenvalue weighted by Crippen LogP contribution is 2.46. The molecule has 0 bridgehead atoms. The van der Waals surface area contributed by atoms with Crippen molar-refractivity contribution in [3.8, 4) is 33.4 Å². The molecule has 10 rings (SSSR count). The molecule has 9 aromatic carbocycles. The molecule has 0 N–H and O–H groups in total. The number of fused-ring (bicyclic) bond motifs is 7. The van der Waals surface area contributed by atoms with E-state index in [2.05, 4.69) is 170 Å². The first-order chi connectivity index (χ1) is 23.3. The van der Waals surface area contributed by atoms with E-state index in [1.807, 2.05) is 0 Å². The summed E-state index contributed by atoms with van der Waals surface area (Å²) in [6.45, 7) is 0. The van der Waals surface area contributed by atoms with E-state index in [1.54, 1.807) is 0 Å². The van der Waals surface area contributed by atoms with E-state index in [0.29, 0.717) is 0 Å². The minimum atomic E-state index is 0.910. The Labute approximate surface area is 271 Å². The zero-order valence-corrected chi connectivity index (χ0v) is 25.6. The van der Waals surface area contributed by atoms with Gasteiger partial charge >= 0.3 is 0 Å². The summed E-state index contributed by atoms with van der Waals surface area (Å²) in [5.41, 5.74) is 9.23. The van der Waals surface area contributed by atoms with Crippen LogP contribution in [0.4, 0.5) is 0 Å². The van der Waals surface area contributed by atoms with E-state index in [9.17, 15) is 0 Å². The van der Waals surface area contributed by atoms with E-state index in [-0.39, 0.29) is 0 Å². The van der Waals surface area contributed by atoms with Crippen LogP contribution < -0.4 is 0 Å². The van der Waals surface area contributed by atoms with Gasteiger partial charge in [0, 0.05) is 10.8 Å². The lowest BCUT2D eigenvalue weighted by Gasteiger charge is -2.19. The normalized spacial score (nSPS) is 11.8. The van der Waals surface area contributed by atoms with Crippen molar-refractivity contribution < 1.29 is 4.42 Å². The van der Waals surface area contributed by atoms with Crippen LogP contribution in [0, 0.1) is 0 Å². The minimum absolute atomic E-state index is 0.910. The molecule has 0 saturated carbocycles. The fourth-order valence-corrected chi connectivity index (χ4v) is 7.68. The van der Waals surface area contributed by atoms with Gasteiger partial charge in [0.25, 0.3) is 0 Å². The fraction of sp³-hybridized carbons (Fsp3) is 0. The van der Waals surface area contributed by atoms with Gasteiger partial charge < -0.3 is 4.42 Å². The highest BCUT2D eigenvalue weighted by Gasteiger charge is 2.18. The average Bonchev–Trinajstić information content (AvgIpc) is 3.49. The van der Waals surface area contributed by atoms with E-state index < -0.39 is 0 Å². The molecule has 0 amide bonds. The molecule has 10 aromatic rings. The van der Waals surface area contributed by atoms with Crippen LogP contribution in [0.1, 0.15) is 0 Å². The Bertz CT molecular complexity index is 2780. The summed E-state index contributed by atoms with van der Waals surface area (Å²) >= 11 is 0. The van der Waals surface area contributed by atoms with Crippen molar-refractivity contribution in [2.75, 3.05) is 0 Å². The van der Waals surface area contributed by atoms with Crippen LogP contribution in [0.5, 0.6) is 0 Å². The third kappa shape index (κ3) is 4.03. The summed E-state index contributed by atoms with van der Waals surface area (Å²) in [6, 6.07) is 61.7. The molecule has 0 fully saturated rings. The van der Waals surface area contributed by atoms with Crippen LogP contribution in [-0.4, -0.2) is 0 Å². The summed E-state index contributed by atoms with van der Waals surface area (Å²) in [6.07, 6.45) is 0. The lowest BCUT2D eigenvalue weighted by Crippen LogP contribution is -1.92. The first-order valence-corrected chi connectivity index (χ1v) is 16.2. The van der Waals surface area contributed by atoms with Crippen LogP contribution in [0.15, 0.2) is 174 Å². The molecule has 218 valence electrons. The third-order valence-electron chi connectivity index (χ3n) is 9.79. The van der Waals surface area contributed by atoms with Gasteiger partial charge in [-0.05, 0) is 113 Å². The molecule has 1 heteroatoms. The monoisotopic (exact) mass is 596 g/mol. The summed E-state index contributed by atoms with van der Waals surface area (Å²) in [4.78, 5) is 0. The quantitative estimate of drug-likeness (QED) is 0.185. The second-order valence-electron chi connectivity index (χ2n) is 12.5. The smallest absolute Gasteiger partial charge is 0.136 e. The van der Waals surface area contributed by atoms with Gasteiger partial charge in [-0.15, -0.1) is 0 Å². The highest BCUT2D eigenvalue weighted by atomic mass is 16.3. The molecule has 0 unspecified atom stereocenters. The van der Waals surface area contributed by atoms with Gasteiger partial charge in [0.15, 0.2) is 0 Å². The standard InChI is InChI=1S/C46H28O/c1-2-12-29(13-3-1)45-36-18-8-10-20-38(36)46(39-21-11-9-19-37(39)45)34-24-32-16-6-7-17-35(32)40(27-34)33-22-23-43-41(26-33)42-25-30-14-4-5-15-31(30)28-44(42)47-43/h1-28H. The van der Waals surface area contributed by atoms with Crippen LogP contribution in [0.2, 0.25) is 0 Å². The molecule has 0 atom stereocenters. The van der Waals surface area contributed by atoms with Crippen LogP contribution in [0.25, 0.3) is 98.4 Å². The van der Waals surface area contributed by atoms with Gasteiger partial charge in [-0.3, -0.25) is 0 Å². The molecule has 0 spiro atoms. The first-order valence-electron chi connectivity index (χ1n) is 16.2. The predicted octanol–water partition coefficient (Wildman–Crippen LogP) is 13.2. The Morgan fingerprint density at radius 3 is 1.49 bits per heavy atom. The maximum atomic E-state index is 6.38. The molecule has 0 radical (unpaired) electrons. The largest absolute Gasteiger partial charge is 0.456 e. The molecule has 1 heterocycles. The second-order valence-corrected chi connectivity index (χ2v) is 12.5. The van der Waals surface area contributed by atoms with Gasteiger partial charge in [0.1, 0.15) is 11.2 Å². The Morgan fingerprint density at radius 1 is 0.277 bits per heavy atom. The van der Waals surface area contributed by atoms with Gasteiger partial charge in [0.2, 0.25) is 0 Å². The van der Waals surface area contributed by atoms with Gasteiger partial charge in [-0.25, -0.2) is 0 Å². The number of hydrogen-bond donors (Lipinski definition) is 0. The summed E-state index contributed by atoms with van der Waals surface area (Å²) in [7, 11) is 0. The topological polar surface area (TPSA) is 13.1 Å². The summed E-state index contributed by atoms with van der Waals surface area (Å²) < 4.78 is 6.38. The minimum Gasteiger partial charge on any atom is -0.456 e. The van der Waals surface area contributed by atoms with E-state index in [4.69, 9.17) is 4.42 Å². The molecule has 1 aromatic heterocycles. The lowest BCUT2D eigenvalue weighted by molar-refractivity contribution is 0.669. The summed E-state index contributed by atoms with van der Waals surface area (Å²) in [5, 5.41) is 12.2. The molecule has 0 aliphatic heterocycles. The fourth-order valence-electron chi connectivity index (χ4n) is 7.68. The molecule has 0 aliphatic carbocycles. The molecule has 0 saturated heterocycles. The number of benzene rings is 9. The first kappa shape index (κ1) is 26.1. The molecule has 0 aliphatic rings. The Balaban J connectivity index is 1.27. The maximum absolute atomic E-state index is 6.38. The zero-order valence-electron chi connectivity index (χ0n) is 25.6. The third-order valence-corrected chi connectivity index (χ3v) is 9.79. The molecule has 47 heavy (non-hydrogen) atoms. The zero-order chi connectivity index (χ0) is 30.9. The predicted molar refractivity (Wildman–Crippen MR) is 200 cm³/mol. The average molecular weight is 597 g/mol. The molecular formula is C46H28O. The highest BCUT2D eigenvalue weighted by molar-refractivity contribution is 6.22. The van der Waals surface area contributed by atoms with Crippen LogP contribution in [-0.2, 0) is 0 Å². The van der Waals surface area contributed by atoms with E-state index >= 15 is 0 Å². The molecular weight excluding hydrogens is 569 g/mol. The number of furan rings is 1.